The molecule has 2 aromatic rings. The Labute approximate surface area is 143 Å². The number of carbonyl (C=O) groups is 1. The molecule has 0 unspecified atom stereocenters. The van der Waals surface area contributed by atoms with E-state index >= 15 is 0 Å². The second-order valence-corrected chi connectivity index (χ2v) is 4.92. The fourth-order valence-electron chi connectivity index (χ4n) is 2.24. The molecule has 0 spiro atoms. The molecule has 6 nitrogen and oxygen atoms in total. The quantitative estimate of drug-likeness (QED) is 0.472. The smallest absolute Gasteiger partial charge is 0.228 e. The Bertz CT molecular complexity index is 803. The molecule has 0 radical (unpaired) electrons. The SMILES string of the molecule is COc1cc(/C(O)=C(\F)C(=O)c2ccccc2O)cc(OC)c1OC. The summed E-state index contributed by atoms with van der Waals surface area (Å²) in [6, 6.07) is 8.06. The molecule has 0 aliphatic heterocycles. The van der Waals surface area contributed by atoms with Crippen LogP contribution in [0.15, 0.2) is 42.2 Å². The number of para-hydroxylation sites is 1. The highest BCUT2D eigenvalue weighted by atomic mass is 19.1. The molecule has 0 amide bonds. The van der Waals surface area contributed by atoms with E-state index in [9.17, 15) is 19.4 Å². The number of ether oxygens (including phenoxy) is 3. The van der Waals surface area contributed by atoms with Crippen LogP contribution < -0.4 is 14.2 Å². The van der Waals surface area contributed by atoms with E-state index < -0.39 is 17.4 Å². The average molecular weight is 348 g/mol. The fraction of sp³-hybridized carbons (Fsp3) is 0.167. The van der Waals surface area contributed by atoms with Gasteiger partial charge in [0, 0.05) is 5.56 Å². The van der Waals surface area contributed by atoms with E-state index in [2.05, 4.69) is 0 Å². The second kappa shape index (κ2) is 7.57. The zero-order valence-electron chi connectivity index (χ0n) is 13.9. The molecule has 0 saturated heterocycles. The Morgan fingerprint density at radius 1 is 1.00 bits per heavy atom. The predicted octanol–water partition coefficient (Wildman–Crippen LogP) is 3.50. The summed E-state index contributed by atoms with van der Waals surface area (Å²) in [4.78, 5) is 12.2. The van der Waals surface area contributed by atoms with Crippen LogP contribution in [0.25, 0.3) is 5.76 Å². The van der Waals surface area contributed by atoms with Crippen LogP contribution in [0.3, 0.4) is 0 Å². The van der Waals surface area contributed by atoms with E-state index in [1.165, 1.54) is 57.7 Å². The number of halogens is 1. The summed E-state index contributed by atoms with van der Waals surface area (Å²) >= 11 is 0. The van der Waals surface area contributed by atoms with Gasteiger partial charge in [0.1, 0.15) is 5.75 Å². The third kappa shape index (κ3) is 3.50. The number of allylic oxidation sites excluding steroid dienone is 1. The predicted molar refractivity (Wildman–Crippen MR) is 89.2 cm³/mol. The second-order valence-electron chi connectivity index (χ2n) is 4.92. The van der Waals surface area contributed by atoms with Crippen LogP contribution >= 0.6 is 0 Å². The summed E-state index contributed by atoms with van der Waals surface area (Å²) in [6.45, 7) is 0. The minimum absolute atomic E-state index is 0.0456. The fourth-order valence-corrected chi connectivity index (χ4v) is 2.24. The lowest BCUT2D eigenvalue weighted by Crippen LogP contribution is -2.04. The van der Waals surface area contributed by atoms with Crippen molar-refractivity contribution in [2.75, 3.05) is 21.3 Å². The van der Waals surface area contributed by atoms with Crippen molar-refractivity contribution in [1.82, 2.24) is 0 Å². The Morgan fingerprint density at radius 2 is 1.56 bits per heavy atom. The lowest BCUT2D eigenvalue weighted by Gasteiger charge is -2.14. The van der Waals surface area contributed by atoms with Gasteiger partial charge in [-0.15, -0.1) is 0 Å². The Morgan fingerprint density at radius 3 is 2.04 bits per heavy atom. The summed E-state index contributed by atoms with van der Waals surface area (Å²) in [6.07, 6.45) is 0. The number of rotatable bonds is 6. The lowest BCUT2D eigenvalue weighted by molar-refractivity contribution is 0.1000. The molecule has 132 valence electrons. The van der Waals surface area contributed by atoms with Gasteiger partial charge in [0.05, 0.1) is 26.9 Å². The monoisotopic (exact) mass is 348 g/mol. The van der Waals surface area contributed by atoms with Crippen molar-refractivity contribution in [2.24, 2.45) is 0 Å². The van der Waals surface area contributed by atoms with Crippen molar-refractivity contribution >= 4 is 11.5 Å². The molecule has 0 aliphatic carbocycles. The molecular weight excluding hydrogens is 331 g/mol. The maximum Gasteiger partial charge on any atom is 0.228 e. The maximum atomic E-state index is 14.5. The van der Waals surface area contributed by atoms with Crippen LogP contribution in [-0.2, 0) is 0 Å². The highest BCUT2D eigenvalue weighted by Crippen LogP contribution is 2.40. The number of benzene rings is 2. The van der Waals surface area contributed by atoms with Crippen LogP contribution in [0.5, 0.6) is 23.0 Å². The molecule has 2 N–H and O–H groups in total. The molecule has 2 aromatic carbocycles. The summed E-state index contributed by atoms with van der Waals surface area (Å²) in [7, 11) is 4.13. The number of aliphatic hydroxyl groups excluding tert-OH is 1. The zero-order chi connectivity index (χ0) is 18.6. The number of carbonyl (C=O) groups excluding carboxylic acids is 1. The highest BCUT2D eigenvalue weighted by molar-refractivity contribution is 6.12. The van der Waals surface area contributed by atoms with Gasteiger partial charge in [-0.1, -0.05) is 12.1 Å². The number of Topliss-reactive ketones (excluding diaryl/α,β-unsaturated/α-hetero) is 1. The number of phenolic OH excluding ortho intramolecular Hbond substituents is 1. The van der Waals surface area contributed by atoms with E-state index in [4.69, 9.17) is 14.2 Å². The maximum absolute atomic E-state index is 14.5. The van der Waals surface area contributed by atoms with E-state index in [0.29, 0.717) is 0 Å². The van der Waals surface area contributed by atoms with Gasteiger partial charge in [-0.25, -0.2) is 0 Å². The number of aliphatic hydroxyl groups is 1. The molecule has 7 heteroatoms. The first-order valence-corrected chi connectivity index (χ1v) is 7.16. The van der Waals surface area contributed by atoms with E-state index in [1.807, 2.05) is 0 Å². The van der Waals surface area contributed by atoms with Gasteiger partial charge < -0.3 is 24.4 Å². The molecule has 0 atom stereocenters. The lowest BCUT2D eigenvalue weighted by atomic mass is 10.1. The summed E-state index contributed by atoms with van der Waals surface area (Å²) in [5.74, 6) is -3.24. The summed E-state index contributed by atoms with van der Waals surface area (Å²) < 4.78 is 29.9. The summed E-state index contributed by atoms with van der Waals surface area (Å²) in [5, 5.41) is 19.8. The van der Waals surface area contributed by atoms with Crippen molar-refractivity contribution in [2.45, 2.75) is 0 Å². The van der Waals surface area contributed by atoms with Crippen LogP contribution in [0, 0.1) is 0 Å². The van der Waals surface area contributed by atoms with Gasteiger partial charge in [0.25, 0.3) is 0 Å². The van der Waals surface area contributed by atoms with Crippen LogP contribution in [0.4, 0.5) is 4.39 Å². The molecule has 0 saturated carbocycles. The number of methoxy groups -OCH3 is 3. The van der Waals surface area contributed by atoms with Crippen LogP contribution in [-0.4, -0.2) is 37.3 Å². The number of hydrogen-bond donors (Lipinski definition) is 2. The first-order valence-electron chi connectivity index (χ1n) is 7.16. The average Bonchev–Trinajstić information content (AvgIpc) is 2.65. The van der Waals surface area contributed by atoms with Gasteiger partial charge >= 0.3 is 0 Å². The van der Waals surface area contributed by atoms with Gasteiger partial charge in [0.15, 0.2) is 17.3 Å². The number of phenols is 1. The number of ketones is 1. The molecule has 0 aliphatic rings. The van der Waals surface area contributed by atoms with Crippen molar-refractivity contribution in [1.29, 1.82) is 0 Å². The van der Waals surface area contributed by atoms with Crippen molar-refractivity contribution in [3.63, 3.8) is 0 Å². The normalized spacial score (nSPS) is 11.5. The Hall–Kier alpha value is -3.22. The minimum Gasteiger partial charge on any atom is -0.507 e. The third-order valence-electron chi connectivity index (χ3n) is 3.49. The van der Waals surface area contributed by atoms with Crippen molar-refractivity contribution in [3.05, 3.63) is 53.4 Å². The number of aromatic hydroxyl groups is 1. The molecule has 0 fully saturated rings. The van der Waals surface area contributed by atoms with E-state index in [0.717, 1.165) is 0 Å². The van der Waals surface area contributed by atoms with Crippen molar-refractivity contribution < 1.29 is 33.6 Å². The van der Waals surface area contributed by atoms with E-state index in [-0.39, 0.29) is 34.1 Å². The first-order chi connectivity index (χ1) is 11.9. The van der Waals surface area contributed by atoms with Gasteiger partial charge in [-0.05, 0) is 24.3 Å². The zero-order valence-corrected chi connectivity index (χ0v) is 13.9. The first kappa shape index (κ1) is 18.1. The van der Waals surface area contributed by atoms with Crippen LogP contribution in [0.1, 0.15) is 15.9 Å². The molecule has 25 heavy (non-hydrogen) atoms. The summed E-state index contributed by atoms with van der Waals surface area (Å²) in [5.41, 5.74) is -0.310. The third-order valence-corrected chi connectivity index (χ3v) is 3.49. The van der Waals surface area contributed by atoms with Crippen molar-refractivity contribution in [3.8, 4) is 23.0 Å². The molecule has 0 bridgehead atoms. The molecule has 0 aromatic heterocycles. The van der Waals surface area contributed by atoms with Gasteiger partial charge in [-0.3, -0.25) is 4.79 Å². The van der Waals surface area contributed by atoms with Gasteiger partial charge in [0.2, 0.25) is 17.4 Å². The Balaban J connectivity index is 2.55. The van der Waals surface area contributed by atoms with E-state index in [1.54, 1.807) is 0 Å². The minimum atomic E-state index is -1.42. The highest BCUT2D eigenvalue weighted by Gasteiger charge is 2.23. The van der Waals surface area contributed by atoms with Gasteiger partial charge in [-0.2, -0.15) is 4.39 Å². The molecule has 2 rings (SSSR count). The molecular formula is C18H17FO6. The topological polar surface area (TPSA) is 85.2 Å². The number of hydrogen-bond acceptors (Lipinski definition) is 6. The Kier molecular flexibility index (Phi) is 5.49. The molecule has 0 heterocycles. The largest absolute Gasteiger partial charge is 0.507 e. The standard InChI is InChI=1S/C18H17FO6/c1-23-13-8-10(9-14(24-2)18(13)25-3)16(21)15(19)17(22)11-6-4-5-7-12(11)20/h4-9,20-21H,1-3H3/b16-15+. The van der Waals surface area contributed by atoms with Crippen LogP contribution in [0.2, 0.25) is 0 Å².